The van der Waals surface area contributed by atoms with Crippen LogP contribution in [-0.4, -0.2) is 101 Å². The Morgan fingerprint density at radius 1 is 0.944 bits per heavy atom. The maximum absolute atomic E-state index is 13.9. The van der Waals surface area contributed by atoms with Gasteiger partial charge in [-0.1, -0.05) is 13.8 Å². The summed E-state index contributed by atoms with van der Waals surface area (Å²) in [6.45, 7) is 10.9. The second-order valence-electron chi connectivity index (χ2n) is 16.3. The summed E-state index contributed by atoms with van der Waals surface area (Å²) in [6, 6.07) is 1.59. The molecule has 2 saturated heterocycles. The molecular formula is C37H42O17. The molecule has 17 heteroatoms. The van der Waals surface area contributed by atoms with Gasteiger partial charge in [-0.05, 0) is 25.0 Å². The van der Waals surface area contributed by atoms with E-state index < -0.39 is 117 Å². The minimum absolute atomic E-state index is 0.124. The molecule has 0 radical (unpaired) electrons. The van der Waals surface area contributed by atoms with E-state index >= 15 is 0 Å². The Morgan fingerprint density at radius 2 is 1.63 bits per heavy atom. The van der Waals surface area contributed by atoms with Gasteiger partial charge >= 0.3 is 35.8 Å². The fourth-order valence-corrected chi connectivity index (χ4v) is 12.5. The van der Waals surface area contributed by atoms with Gasteiger partial charge in [0.2, 0.25) is 11.7 Å². The van der Waals surface area contributed by atoms with Crippen molar-refractivity contribution in [1.29, 1.82) is 0 Å². The summed E-state index contributed by atoms with van der Waals surface area (Å²) in [5, 5.41) is 13.8. The quantitative estimate of drug-likeness (QED) is 0.310. The maximum Gasteiger partial charge on any atom is 0.347 e. The SMILES string of the molecule is COC(=O)[C@@H](OC(C)=O)[C@@H]1[C@]2(C)C[C@@]3(O)[C@@](OC(C)=O)([C@@H]2OC(C)=O)[C@@H]2O[C@]4(C)O[C@]5(C[C@@H](OC(C)=O)[C@@]6(C)C(=CC(=O)O[C@@H]6c6ccoc6)[C@]25O4)[C@@]13C. The summed E-state index contributed by atoms with van der Waals surface area (Å²) in [5.41, 5.74) is -13.2. The monoisotopic (exact) mass is 758 g/mol. The van der Waals surface area contributed by atoms with E-state index in [1.807, 2.05) is 0 Å². The van der Waals surface area contributed by atoms with Gasteiger partial charge in [-0.3, -0.25) is 19.2 Å². The lowest BCUT2D eigenvalue weighted by molar-refractivity contribution is -0.448. The number of ether oxygens (including phenoxy) is 9. The number of cyclic esters (lactones) is 1. The van der Waals surface area contributed by atoms with Crippen molar-refractivity contribution >= 4 is 35.8 Å². The molecule has 4 bridgehead atoms. The second kappa shape index (κ2) is 10.7. The van der Waals surface area contributed by atoms with Crippen LogP contribution in [0.15, 0.2) is 34.7 Å². The molecule has 7 aliphatic rings. The van der Waals surface area contributed by atoms with Crippen LogP contribution < -0.4 is 0 Å². The molecule has 0 unspecified atom stereocenters. The number of fused-ring (bicyclic) bond motifs is 4. The summed E-state index contributed by atoms with van der Waals surface area (Å²) in [5.74, 6) is -8.55. The molecule has 1 spiro atoms. The van der Waals surface area contributed by atoms with E-state index in [2.05, 4.69) is 0 Å². The highest BCUT2D eigenvalue weighted by Gasteiger charge is 3.04. The Labute approximate surface area is 308 Å². The molecule has 0 aromatic carbocycles. The lowest BCUT2D eigenvalue weighted by atomic mass is 9.34. The third kappa shape index (κ3) is 3.78. The van der Waals surface area contributed by atoms with Crippen molar-refractivity contribution in [1.82, 2.24) is 0 Å². The van der Waals surface area contributed by atoms with E-state index in [-0.39, 0.29) is 18.4 Å². The van der Waals surface area contributed by atoms with Crippen LogP contribution in [0.2, 0.25) is 0 Å². The fourth-order valence-electron chi connectivity index (χ4n) is 12.5. The third-order valence-electron chi connectivity index (χ3n) is 13.6. The smallest absolute Gasteiger partial charge is 0.347 e. The van der Waals surface area contributed by atoms with Crippen LogP contribution in [0.3, 0.4) is 0 Å². The van der Waals surface area contributed by atoms with E-state index in [9.17, 15) is 33.9 Å². The van der Waals surface area contributed by atoms with Gasteiger partial charge in [-0.25, -0.2) is 9.59 Å². The first-order valence-corrected chi connectivity index (χ1v) is 17.6. The zero-order valence-electron chi connectivity index (χ0n) is 31.2. The van der Waals surface area contributed by atoms with Gasteiger partial charge in [0.25, 0.3) is 5.97 Å². The van der Waals surface area contributed by atoms with Crippen molar-refractivity contribution < 1.29 is 80.9 Å². The number of hydrogen-bond donors (Lipinski definition) is 1. The van der Waals surface area contributed by atoms with E-state index in [1.165, 1.54) is 32.4 Å². The maximum atomic E-state index is 13.9. The average molecular weight is 759 g/mol. The normalized spacial score (nSPS) is 47.7. The van der Waals surface area contributed by atoms with Gasteiger partial charge < -0.3 is 52.2 Å². The van der Waals surface area contributed by atoms with Crippen molar-refractivity contribution in [2.45, 2.75) is 127 Å². The van der Waals surface area contributed by atoms with Crippen molar-refractivity contribution in [3.63, 3.8) is 0 Å². The minimum Gasteiger partial charge on any atom is -0.472 e. The first kappa shape index (κ1) is 36.6. The second-order valence-corrected chi connectivity index (χ2v) is 16.3. The number of carbonyl (C=O) groups excluding carboxylic acids is 6. The van der Waals surface area contributed by atoms with Gasteiger partial charge in [0, 0.05) is 69.4 Å². The molecule has 0 amide bonds. The Morgan fingerprint density at radius 3 is 2.20 bits per heavy atom. The highest BCUT2D eigenvalue weighted by molar-refractivity contribution is 5.86. The molecule has 1 aromatic rings. The molecule has 4 aliphatic carbocycles. The lowest BCUT2D eigenvalue weighted by Gasteiger charge is -2.76. The van der Waals surface area contributed by atoms with E-state index in [0.717, 1.165) is 27.9 Å². The number of rotatable bonds is 7. The third-order valence-corrected chi connectivity index (χ3v) is 13.6. The molecule has 1 aromatic heterocycles. The molecule has 3 aliphatic heterocycles. The van der Waals surface area contributed by atoms with Gasteiger partial charge in [-0.2, -0.15) is 0 Å². The molecular weight excluding hydrogens is 716 g/mol. The van der Waals surface area contributed by atoms with Crippen LogP contribution in [0.1, 0.15) is 79.9 Å². The van der Waals surface area contributed by atoms with Crippen LogP contribution in [0.25, 0.3) is 0 Å². The number of hydrogen-bond acceptors (Lipinski definition) is 17. The Kier molecular flexibility index (Phi) is 7.26. The topological polar surface area (TPSA) is 219 Å². The molecule has 14 atom stereocenters. The van der Waals surface area contributed by atoms with E-state index in [0.29, 0.717) is 5.56 Å². The lowest BCUT2D eigenvalue weighted by Crippen LogP contribution is -2.94. The fraction of sp³-hybridized carbons (Fsp3) is 0.676. The minimum atomic E-state index is -2.35. The van der Waals surface area contributed by atoms with Crippen molar-refractivity contribution in [2.24, 2.45) is 22.2 Å². The summed E-state index contributed by atoms with van der Waals surface area (Å²) in [4.78, 5) is 80.3. The largest absolute Gasteiger partial charge is 0.472 e. The molecule has 8 rings (SSSR count). The van der Waals surface area contributed by atoms with Crippen LogP contribution in [0.5, 0.6) is 0 Å². The zero-order valence-corrected chi connectivity index (χ0v) is 31.2. The van der Waals surface area contributed by atoms with Crippen molar-refractivity contribution in [2.75, 3.05) is 7.11 Å². The van der Waals surface area contributed by atoms with Gasteiger partial charge in [-0.15, -0.1) is 0 Å². The molecule has 6 fully saturated rings. The van der Waals surface area contributed by atoms with Crippen molar-refractivity contribution in [3.8, 4) is 0 Å². The highest BCUT2D eigenvalue weighted by Crippen LogP contribution is 2.88. The van der Waals surface area contributed by atoms with Gasteiger partial charge in [0.1, 0.15) is 29.5 Å². The Balaban J connectivity index is 1.53. The van der Waals surface area contributed by atoms with Crippen LogP contribution >= 0.6 is 0 Å². The number of aliphatic hydroxyl groups is 1. The number of esters is 6. The first-order chi connectivity index (χ1) is 25.1. The van der Waals surface area contributed by atoms with Crippen molar-refractivity contribution in [3.05, 3.63) is 35.8 Å². The summed E-state index contributed by atoms with van der Waals surface area (Å²) >= 11 is 0. The van der Waals surface area contributed by atoms with E-state index in [1.54, 1.807) is 26.8 Å². The van der Waals surface area contributed by atoms with Crippen LogP contribution in [0.4, 0.5) is 0 Å². The predicted molar refractivity (Wildman–Crippen MR) is 172 cm³/mol. The highest BCUT2D eigenvalue weighted by atomic mass is 17.0. The predicted octanol–water partition coefficient (Wildman–Crippen LogP) is 1.87. The van der Waals surface area contributed by atoms with Gasteiger partial charge in [0.15, 0.2) is 11.7 Å². The first-order valence-electron chi connectivity index (χ1n) is 17.6. The molecule has 4 saturated carbocycles. The molecule has 4 heterocycles. The standard InChI is InChI=1S/C37H42O17/c1-16(38)47-22-13-35-32(7)25(24(27(43)45-9)48-17(2)39)30(5)15-34(32,44)37(51-19(4)41,28(30)49-18(3)40)29-36(35,54-33(8,52-29)53-35)21-12-23(42)50-26(31(21,22)6)20-10-11-46-14-20/h10-12,14,22,24-26,28-29,44H,13,15H2,1-9H3/t22-,24+,25-,26-,28-,29-,30+,31-,32+,33-,34+,35-,36+,37-/m1/s1. The summed E-state index contributed by atoms with van der Waals surface area (Å²) < 4.78 is 61.6. The Bertz CT molecular complexity index is 1940. The number of carbonyl (C=O) groups is 6. The van der Waals surface area contributed by atoms with Gasteiger partial charge in [0.05, 0.1) is 25.1 Å². The average Bonchev–Trinajstić information content (AvgIpc) is 3.83. The Hall–Kier alpha value is -4.32. The molecule has 17 nitrogen and oxygen atoms in total. The van der Waals surface area contributed by atoms with E-state index in [4.69, 9.17) is 47.0 Å². The zero-order chi connectivity index (χ0) is 39.4. The molecule has 1 N–H and O–H groups in total. The molecule has 54 heavy (non-hydrogen) atoms. The molecule has 292 valence electrons. The number of methoxy groups -OCH3 is 1. The summed E-state index contributed by atoms with van der Waals surface area (Å²) in [6.07, 6.45) is -4.04. The van der Waals surface area contributed by atoms with Crippen LogP contribution in [0, 0.1) is 22.2 Å². The summed E-state index contributed by atoms with van der Waals surface area (Å²) in [7, 11) is 1.10. The number of furan rings is 1. The van der Waals surface area contributed by atoms with Crippen LogP contribution in [-0.2, 0) is 71.4 Å².